The molecule has 0 aromatic heterocycles. The highest BCUT2D eigenvalue weighted by atomic mass is 16.6. The minimum absolute atomic E-state index is 0.179. The number of aliphatic carboxylic acids is 1. The Hall–Kier alpha value is -1.83. The summed E-state index contributed by atoms with van der Waals surface area (Å²) < 4.78 is 4.74. The van der Waals surface area contributed by atoms with Crippen LogP contribution in [0.3, 0.4) is 0 Å². The van der Waals surface area contributed by atoms with Crippen LogP contribution in [-0.4, -0.2) is 41.3 Å². The third-order valence-corrected chi connectivity index (χ3v) is 2.23. The molecule has 0 radical (unpaired) electrons. The molecule has 8 nitrogen and oxygen atoms in total. The third-order valence-electron chi connectivity index (χ3n) is 2.23. The van der Waals surface area contributed by atoms with Gasteiger partial charge in [0.25, 0.3) is 5.91 Å². The average molecular weight is 261 g/mol. The lowest BCUT2D eigenvalue weighted by molar-refractivity contribution is -0.139. The summed E-state index contributed by atoms with van der Waals surface area (Å²) in [5, 5.41) is 11.0. The largest absolute Gasteiger partial charge is 0.480 e. The molecule has 0 aliphatic rings. The second-order valence-corrected chi connectivity index (χ2v) is 4.23. The maximum absolute atomic E-state index is 11.4. The number of ether oxygens (including phenoxy) is 1. The van der Waals surface area contributed by atoms with Gasteiger partial charge in [-0.2, -0.15) is 0 Å². The zero-order valence-corrected chi connectivity index (χ0v) is 10.4. The lowest BCUT2D eigenvalue weighted by Gasteiger charge is -2.22. The van der Waals surface area contributed by atoms with Crippen molar-refractivity contribution in [2.75, 3.05) is 6.54 Å². The highest BCUT2D eigenvalue weighted by molar-refractivity contribution is 5.86. The molecule has 8 heteroatoms. The van der Waals surface area contributed by atoms with Gasteiger partial charge in [0.2, 0.25) is 0 Å². The summed E-state index contributed by atoms with van der Waals surface area (Å²) in [6.45, 7) is 2.93. The van der Waals surface area contributed by atoms with Crippen LogP contribution < -0.4 is 16.8 Å². The number of hydrogen-bond acceptors (Lipinski definition) is 5. The number of carbonyl (C=O) groups is 3. The van der Waals surface area contributed by atoms with Crippen LogP contribution in [0.5, 0.6) is 0 Å². The number of carboxylic acids is 1. The predicted octanol–water partition coefficient (Wildman–Crippen LogP) is -0.831. The molecule has 0 unspecified atom stereocenters. The summed E-state index contributed by atoms with van der Waals surface area (Å²) >= 11 is 0. The fourth-order valence-corrected chi connectivity index (χ4v) is 1.03. The van der Waals surface area contributed by atoms with E-state index in [1.807, 2.05) is 0 Å². The summed E-state index contributed by atoms with van der Waals surface area (Å²) in [7, 11) is 0. The number of hydrogen-bond donors (Lipinski definition) is 4. The SMILES string of the molecule is CC(C)(OC(=O)N[C@@H](CCCN)C(=O)O)C(N)=O. The lowest BCUT2D eigenvalue weighted by Crippen LogP contribution is -2.48. The van der Waals surface area contributed by atoms with Crippen molar-refractivity contribution in [1.82, 2.24) is 5.32 Å². The van der Waals surface area contributed by atoms with Gasteiger partial charge in [-0.25, -0.2) is 9.59 Å². The Morgan fingerprint density at radius 1 is 1.39 bits per heavy atom. The number of carboxylic acid groups (broad SMARTS) is 1. The van der Waals surface area contributed by atoms with Crippen molar-refractivity contribution in [3.05, 3.63) is 0 Å². The summed E-state index contributed by atoms with van der Waals surface area (Å²) in [5.74, 6) is -2.02. The quantitative estimate of drug-likeness (QED) is 0.470. The van der Waals surface area contributed by atoms with Gasteiger partial charge in [0.05, 0.1) is 0 Å². The lowest BCUT2D eigenvalue weighted by atomic mass is 10.1. The van der Waals surface area contributed by atoms with Crippen LogP contribution in [0.4, 0.5) is 4.79 Å². The van der Waals surface area contributed by atoms with Gasteiger partial charge < -0.3 is 26.6 Å². The number of nitrogens with one attached hydrogen (secondary N) is 1. The smallest absolute Gasteiger partial charge is 0.408 e. The van der Waals surface area contributed by atoms with Gasteiger partial charge in [-0.3, -0.25) is 4.79 Å². The van der Waals surface area contributed by atoms with Gasteiger partial charge in [-0.05, 0) is 33.2 Å². The first-order valence-electron chi connectivity index (χ1n) is 5.43. The van der Waals surface area contributed by atoms with Crippen LogP contribution in [-0.2, 0) is 14.3 Å². The van der Waals surface area contributed by atoms with Crippen molar-refractivity contribution in [3.63, 3.8) is 0 Å². The van der Waals surface area contributed by atoms with Crippen molar-refractivity contribution in [1.29, 1.82) is 0 Å². The van der Waals surface area contributed by atoms with Gasteiger partial charge >= 0.3 is 12.1 Å². The predicted molar refractivity (Wildman–Crippen MR) is 62.6 cm³/mol. The molecular weight excluding hydrogens is 242 g/mol. The first-order valence-corrected chi connectivity index (χ1v) is 5.43. The molecule has 0 saturated carbocycles. The van der Waals surface area contributed by atoms with Crippen LogP contribution in [0.2, 0.25) is 0 Å². The fourth-order valence-electron chi connectivity index (χ4n) is 1.03. The standard InChI is InChI=1S/C10H19N3O5/c1-10(2,8(12)16)18-9(17)13-6(7(14)15)4-3-5-11/h6H,3-5,11H2,1-2H3,(H2,12,16)(H,13,17)(H,14,15)/t6-/m0/s1. The van der Waals surface area contributed by atoms with E-state index in [1.54, 1.807) is 0 Å². The molecule has 0 aliphatic heterocycles. The molecule has 0 heterocycles. The van der Waals surface area contributed by atoms with Gasteiger partial charge in [-0.15, -0.1) is 0 Å². The van der Waals surface area contributed by atoms with Crippen LogP contribution in [0.15, 0.2) is 0 Å². The van der Waals surface area contributed by atoms with E-state index in [4.69, 9.17) is 21.3 Å². The number of rotatable bonds is 7. The molecule has 6 N–H and O–H groups in total. The molecule has 104 valence electrons. The van der Waals surface area contributed by atoms with E-state index in [9.17, 15) is 14.4 Å². The Kier molecular flexibility index (Phi) is 6.11. The second kappa shape index (κ2) is 6.80. The molecule has 0 saturated heterocycles. The van der Waals surface area contributed by atoms with Gasteiger partial charge in [0, 0.05) is 0 Å². The minimum atomic E-state index is -1.50. The Bertz CT molecular complexity index is 329. The first-order chi connectivity index (χ1) is 8.20. The molecule has 0 bridgehead atoms. The Morgan fingerprint density at radius 2 is 1.94 bits per heavy atom. The summed E-state index contributed by atoms with van der Waals surface area (Å²) in [5.41, 5.74) is 8.76. The van der Waals surface area contributed by atoms with Crippen LogP contribution in [0.25, 0.3) is 0 Å². The van der Waals surface area contributed by atoms with Crippen molar-refractivity contribution in [3.8, 4) is 0 Å². The molecule has 0 aliphatic carbocycles. The first kappa shape index (κ1) is 16.2. The van der Waals surface area contributed by atoms with Crippen molar-refractivity contribution < 1.29 is 24.2 Å². The summed E-state index contributed by atoms with van der Waals surface area (Å²) in [6, 6.07) is -1.11. The molecule has 2 amide bonds. The highest BCUT2D eigenvalue weighted by Crippen LogP contribution is 2.08. The molecule has 18 heavy (non-hydrogen) atoms. The van der Waals surface area contributed by atoms with E-state index >= 15 is 0 Å². The fraction of sp³-hybridized carbons (Fsp3) is 0.700. The van der Waals surface area contributed by atoms with E-state index in [1.165, 1.54) is 13.8 Å². The van der Waals surface area contributed by atoms with Crippen molar-refractivity contribution >= 4 is 18.0 Å². The number of alkyl carbamates (subject to hydrolysis) is 1. The van der Waals surface area contributed by atoms with E-state index in [0.717, 1.165) is 0 Å². The molecule has 0 aromatic carbocycles. The topological polar surface area (TPSA) is 145 Å². The van der Waals surface area contributed by atoms with Crippen LogP contribution in [0, 0.1) is 0 Å². The summed E-state index contributed by atoms with van der Waals surface area (Å²) in [6.07, 6.45) is -0.391. The number of nitrogens with two attached hydrogens (primary N) is 2. The highest BCUT2D eigenvalue weighted by Gasteiger charge is 2.31. The molecule has 0 fully saturated rings. The van der Waals surface area contributed by atoms with Crippen molar-refractivity contribution in [2.45, 2.75) is 38.3 Å². The maximum Gasteiger partial charge on any atom is 0.408 e. The number of carbonyl (C=O) groups excluding carboxylic acids is 2. The second-order valence-electron chi connectivity index (χ2n) is 4.23. The minimum Gasteiger partial charge on any atom is -0.480 e. The zero-order valence-electron chi connectivity index (χ0n) is 10.4. The maximum atomic E-state index is 11.4. The Balaban J connectivity index is 4.43. The molecule has 0 rings (SSSR count). The zero-order chi connectivity index (χ0) is 14.3. The monoisotopic (exact) mass is 261 g/mol. The molecule has 1 atom stereocenters. The molecule has 0 spiro atoms. The van der Waals surface area contributed by atoms with E-state index in [-0.39, 0.29) is 6.42 Å². The van der Waals surface area contributed by atoms with E-state index in [0.29, 0.717) is 13.0 Å². The summed E-state index contributed by atoms with van der Waals surface area (Å²) in [4.78, 5) is 33.2. The third kappa shape index (κ3) is 5.48. The van der Waals surface area contributed by atoms with Gasteiger partial charge in [0.15, 0.2) is 5.60 Å². The normalized spacial score (nSPS) is 12.6. The van der Waals surface area contributed by atoms with E-state index in [2.05, 4.69) is 5.32 Å². The van der Waals surface area contributed by atoms with Crippen LogP contribution in [0.1, 0.15) is 26.7 Å². The Morgan fingerprint density at radius 3 is 2.33 bits per heavy atom. The molecular formula is C10H19N3O5. The number of amides is 2. The van der Waals surface area contributed by atoms with Crippen molar-refractivity contribution in [2.24, 2.45) is 11.5 Å². The van der Waals surface area contributed by atoms with Gasteiger partial charge in [0.1, 0.15) is 6.04 Å². The number of primary amides is 1. The van der Waals surface area contributed by atoms with Gasteiger partial charge in [-0.1, -0.05) is 0 Å². The van der Waals surface area contributed by atoms with E-state index < -0.39 is 29.6 Å². The Labute approximate surface area is 105 Å². The van der Waals surface area contributed by atoms with Crippen LogP contribution >= 0.6 is 0 Å². The average Bonchev–Trinajstić information content (AvgIpc) is 2.22. The molecule has 0 aromatic rings.